The summed E-state index contributed by atoms with van der Waals surface area (Å²) in [5, 5.41) is 16.7. The molecule has 0 spiro atoms. The van der Waals surface area contributed by atoms with Crippen LogP contribution < -0.4 is 0 Å². The number of thioether (sulfide) groups is 1. The van der Waals surface area contributed by atoms with E-state index < -0.39 is 5.97 Å². The highest BCUT2D eigenvalue weighted by molar-refractivity contribution is 7.99. The predicted octanol–water partition coefficient (Wildman–Crippen LogP) is 0.798. The number of carbonyl (C=O) groups excluding carboxylic acids is 1. The Balaban J connectivity index is 2.35. The highest BCUT2D eigenvalue weighted by Crippen LogP contribution is 2.14. The second-order valence-electron chi connectivity index (χ2n) is 3.40. The standard InChI is InChI=1S/C10H15N3O4S/c1-2-17-9(16)4-3-5-13-7-11-12-10(13)18-6-8(14)15/h7H,2-6H2,1H3,(H,14,15). The smallest absolute Gasteiger partial charge is 0.313 e. The zero-order chi connectivity index (χ0) is 13.4. The number of aromatic nitrogens is 3. The van der Waals surface area contributed by atoms with E-state index in [0.29, 0.717) is 31.1 Å². The van der Waals surface area contributed by atoms with Gasteiger partial charge in [-0.2, -0.15) is 0 Å². The Morgan fingerprint density at radius 2 is 2.33 bits per heavy atom. The molecule has 1 aromatic heterocycles. The van der Waals surface area contributed by atoms with Crippen LogP contribution in [0.1, 0.15) is 19.8 Å². The molecule has 0 bridgehead atoms. The molecule has 0 aliphatic rings. The van der Waals surface area contributed by atoms with Crippen molar-refractivity contribution < 1.29 is 19.4 Å². The van der Waals surface area contributed by atoms with Gasteiger partial charge < -0.3 is 14.4 Å². The number of hydrogen-bond donors (Lipinski definition) is 1. The van der Waals surface area contributed by atoms with E-state index in [1.165, 1.54) is 6.33 Å². The van der Waals surface area contributed by atoms with Crippen molar-refractivity contribution in [1.29, 1.82) is 0 Å². The fourth-order valence-corrected chi connectivity index (χ4v) is 1.92. The van der Waals surface area contributed by atoms with Crippen molar-refractivity contribution in [1.82, 2.24) is 14.8 Å². The first-order valence-electron chi connectivity index (χ1n) is 5.51. The average Bonchev–Trinajstić information content (AvgIpc) is 2.74. The van der Waals surface area contributed by atoms with E-state index in [1.54, 1.807) is 11.5 Å². The van der Waals surface area contributed by atoms with Gasteiger partial charge in [0.15, 0.2) is 5.16 Å². The third-order valence-electron chi connectivity index (χ3n) is 1.99. The summed E-state index contributed by atoms with van der Waals surface area (Å²) in [6.45, 7) is 2.71. The van der Waals surface area contributed by atoms with Gasteiger partial charge in [-0.25, -0.2) is 0 Å². The summed E-state index contributed by atoms with van der Waals surface area (Å²) in [7, 11) is 0. The molecule has 0 radical (unpaired) electrons. The molecule has 1 heterocycles. The van der Waals surface area contributed by atoms with Crippen molar-refractivity contribution >= 4 is 23.7 Å². The van der Waals surface area contributed by atoms with Crippen LogP contribution in [-0.4, -0.2) is 44.2 Å². The van der Waals surface area contributed by atoms with E-state index in [-0.39, 0.29) is 11.7 Å². The lowest BCUT2D eigenvalue weighted by atomic mass is 10.3. The van der Waals surface area contributed by atoms with Crippen molar-refractivity contribution in [3.8, 4) is 0 Å². The first kappa shape index (κ1) is 14.5. The molecule has 1 N–H and O–H groups in total. The lowest BCUT2D eigenvalue weighted by molar-refractivity contribution is -0.143. The molecule has 0 unspecified atom stereocenters. The number of hydrogen-bond acceptors (Lipinski definition) is 6. The summed E-state index contributed by atoms with van der Waals surface area (Å²) < 4.78 is 6.54. The first-order chi connectivity index (χ1) is 8.63. The van der Waals surface area contributed by atoms with Gasteiger partial charge >= 0.3 is 11.9 Å². The number of aryl methyl sites for hydroxylation is 1. The van der Waals surface area contributed by atoms with E-state index in [9.17, 15) is 9.59 Å². The monoisotopic (exact) mass is 273 g/mol. The quantitative estimate of drug-likeness (QED) is 0.553. The minimum absolute atomic E-state index is 0.0590. The molecule has 0 saturated heterocycles. The molecule has 0 amide bonds. The van der Waals surface area contributed by atoms with E-state index in [1.807, 2.05) is 0 Å². The minimum atomic E-state index is -0.902. The lowest BCUT2D eigenvalue weighted by Gasteiger charge is -2.05. The van der Waals surface area contributed by atoms with Crippen molar-refractivity contribution in [3.05, 3.63) is 6.33 Å². The maximum Gasteiger partial charge on any atom is 0.313 e. The SMILES string of the molecule is CCOC(=O)CCCn1cnnc1SCC(=O)O. The van der Waals surface area contributed by atoms with Crippen molar-refractivity contribution in [2.45, 2.75) is 31.5 Å². The minimum Gasteiger partial charge on any atom is -0.481 e. The summed E-state index contributed by atoms with van der Waals surface area (Å²) in [5.74, 6) is -1.19. The number of esters is 1. The van der Waals surface area contributed by atoms with Gasteiger partial charge in [-0.3, -0.25) is 9.59 Å². The Kier molecular flexibility index (Phi) is 6.20. The zero-order valence-electron chi connectivity index (χ0n) is 10.0. The van der Waals surface area contributed by atoms with E-state index in [4.69, 9.17) is 9.84 Å². The first-order valence-corrected chi connectivity index (χ1v) is 6.50. The van der Waals surface area contributed by atoms with Crippen LogP contribution in [0.2, 0.25) is 0 Å². The Morgan fingerprint density at radius 3 is 3.00 bits per heavy atom. The molecule has 100 valence electrons. The normalized spacial score (nSPS) is 10.3. The third kappa shape index (κ3) is 5.17. The molecule has 8 heteroatoms. The van der Waals surface area contributed by atoms with Crippen LogP contribution in [0.5, 0.6) is 0 Å². The summed E-state index contributed by atoms with van der Waals surface area (Å²) in [6, 6.07) is 0. The van der Waals surface area contributed by atoms with Crippen LogP contribution in [0, 0.1) is 0 Å². The van der Waals surface area contributed by atoms with Gasteiger partial charge in [0, 0.05) is 13.0 Å². The van der Waals surface area contributed by atoms with Crippen LogP contribution in [0.15, 0.2) is 11.5 Å². The molecule has 7 nitrogen and oxygen atoms in total. The molecule has 18 heavy (non-hydrogen) atoms. The largest absolute Gasteiger partial charge is 0.481 e. The predicted molar refractivity (Wildman–Crippen MR) is 64.2 cm³/mol. The molecule has 0 fully saturated rings. The van der Waals surface area contributed by atoms with Gasteiger partial charge in [0.05, 0.1) is 12.4 Å². The van der Waals surface area contributed by atoms with Gasteiger partial charge in [0.2, 0.25) is 0 Å². The molecule has 0 saturated carbocycles. The Labute approximate surface area is 109 Å². The van der Waals surface area contributed by atoms with Crippen LogP contribution in [0.25, 0.3) is 0 Å². The average molecular weight is 273 g/mol. The number of rotatable bonds is 8. The Hall–Kier alpha value is -1.57. The van der Waals surface area contributed by atoms with Gasteiger partial charge in [-0.1, -0.05) is 11.8 Å². The second kappa shape index (κ2) is 7.70. The topological polar surface area (TPSA) is 94.3 Å². The summed E-state index contributed by atoms with van der Waals surface area (Å²) in [6.07, 6.45) is 2.46. The van der Waals surface area contributed by atoms with Gasteiger partial charge in [0.1, 0.15) is 6.33 Å². The van der Waals surface area contributed by atoms with Crippen LogP contribution >= 0.6 is 11.8 Å². The molecule has 1 aromatic rings. The van der Waals surface area contributed by atoms with Crippen LogP contribution in [-0.2, 0) is 20.9 Å². The molecule has 0 aromatic carbocycles. The van der Waals surface area contributed by atoms with Crippen LogP contribution in [0.4, 0.5) is 0 Å². The number of carbonyl (C=O) groups is 2. The van der Waals surface area contributed by atoms with E-state index in [2.05, 4.69) is 10.2 Å². The van der Waals surface area contributed by atoms with Gasteiger partial charge in [-0.05, 0) is 13.3 Å². The number of ether oxygens (including phenoxy) is 1. The number of aliphatic carboxylic acids is 1. The maximum absolute atomic E-state index is 11.1. The highest BCUT2D eigenvalue weighted by Gasteiger charge is 2.08. The second-order valence-corrected chi connectivity index (χ2v) is 4.34. The molecule has 0 atom stereocenters. The summed E-state index contributed by atoms with van der Waals surface area (Å²) >= 11 is 1.10. The van der Waals surface area contributed by atoms with Crippen LogP contribution in [0.3, 0.4) is 0 Å². The molecule has 0 aliphatic heterocycles. The summed E-state index contributed by atoms with van der Waals surface area (Å²) in [5.41, 5.74) is 0. The van der Waals surface area contributed by atoms with E-state index in [0.717, 1.165) is 11.8 Å². The maximum atomic E-state index is 11.1. The molecular weight excluding hydrogens is 258 g/mol. The van der Waals surface area contributed by atoms with Gasteiger partial charge in [0.25, 0.3) is 0 Å². The fourth-order valence-electron chi connectivity index (χ4n) is 1.26. The molecular formula is C10H15N3O4S. The Bertz CT molecular complexity index is 408. The lowest BCUT2D eigenvalue weighted by Crippen LogP contribution is -2.07. The zero-order valence-corrected chi connectivity index (χ0v) is 10.9. The molecule has 1 rings (SSSR count). The fraction of sp³-hybridized carbons (Fsp3) is 0.600. The van der Waals surface area contributed by atoms with E-state index >= 15 is 0 Å². The third-order valence-corrected chi connectivity index (χ3v) is 2.96. The van der Waals surface area contributed by atoms with Crippen molar-refractivity contribution in [2.24, 2.45) is 0 Å². The van der Waals surface area contributed by atoms with Gasteiger partial charge in [-0.15, -0.1) is 10.2 Å². The summed E-state index contributed by atoms with van der Waals surface area (Å²) in [4.78, 5) is 21.6. The highest BCUT2D eigenvalue weighted by atomic mass is 32.2. The number of carboxylic acids is 1. The Morgan fingerprint density at radius 1 is 1.56 bits per heavy atom. The number of carboxylic acid groups (broad SMARTS) is 1. The number of nitrogens with zero attached hydrogens (tertiary/aromatic N) is 3. The van der Waals surface area contributed by atoms with Crippen molar-refractivity contribution in [2.75, 3.05) is 12.4 Å². The molecule has 0 aliphatic carbocycles. The van der Waals surface area contributed by atoms with Crippen molar-refractivity contribution in [3.63, 3.8) is 0 Å².